The smallest absolute Gasteiger partial charge is 0.303 e. The molecule has 2 amide bonds. The van der Waals surface area contributed by atoms with E-state index in [4.69, 9.17) is 4.74 Å². The van der Waals surface area contributed by atoms with Crippen molar-refractivity contribution >= 4 is 23.5 Å². The number of nitrogens with one attached hydrogen (secondary N) is 1. The molecule has 29 heavy (non-hydrogen) atoms. The largest absolute Gasteiger partial charge is 0.456 e. The van der Waals surface area contributed by atoms with E-state index in [1.807, 2.05) is 42.5 Å². The standard InChI is InChI=1S/C23H26N2O4/c1-17(26)29-16-23(28)25-13-11-18(12-14-25)15-22(27)24-21-9-7-20(8-10-21)19-5-3-2-4-6-19/h2-10,18H,11-16H2,1H3,(H,24,27). The molecule has 0 bridgehead atoms. The van der Waals surface area contributed by atoms with Gasteiger partial charge in [-0.05, 0) is 42.0 Å². The van der Waals surface area contributed by atoms with Crippen LogP contribution < -0.4 is 5.32 Å². The molecule has 0 unspecified atom stereocenters. The summed E-state index contributed by atoms with van der Waals surface area (Å²) < 4.78 is 4.76. The first kappa shape index (κ1) is 20.6. The van der Waals surface area contributed by atoms with E-state index in [1.165, 1.54) is 6.92 Å². The maximum Gasteiger partial charge on any atom is 0.303 e. The van der Waals surface area contributed by atoms with Crippen molar-refractivity contribution in [3.63, 3.8) is 0 Å². The number of rotatable bonds is 6. The van der Waals surface area contributed by atoms with Crippen molar-refractivity contribution in [3.05, 3.63) is 54.6 Å². The highest BCUT2D eigenvalue weighted by atomic mass is 16.5. The average molecular weight is 394 g/mol. The van der Waals surface area contributed by atoms with E-state index in [0.29, 0.717) is 19.5 Å². The van der Waals surface area contributed by atoms with Crippen molar-refractivity contribution in [1.29, 1.82) is 0 Å². The van der Waals surface area contributed by atoms with E-state index in [0.717, 1.165) is 29.7 Å². The summed E-state index contributed by atoms with van der Waals surface area (Å²) in [6.07, 6.45) is 1.98. The van der Waals surface area contributed by atoms with Crippen LogP contribution in [0.4, 0.5) is 5.69 Å². The van der Waals surface area contributed by atoms with Gasteiger partial charge in [0.15, 0.2) is 6.61 Å². The predicted octanol–water partition coefficient (Wildman–Crippen LogP) is 3.48. The van der Waals surface area contributed by atoms with Gasteiger partial charge in [-0.3, -0.25) is 14.4 Å². The Hall–Kier alpha value is -3.15. The lowest BCUT2D eigenvalue weighted by Crippen LogP contribution is -2.41. The molecule has 6 nitrogen and oxygen atoms in total. The summed E-state index contributed by atoms with van der Waals surface area (Å²) in [7, 11) is 0. The molecule has 1 aliphatic rings. The molecule has 0 radical (unpaired) electrons. The van der Waals surface area contributed by atoms with Gasteiger partial charge in [0.25, 0.3) is 5.91 Å². The van der Waals surface area contributed by atoms with Gasteiger partial charge in [0.05, 0.1) is 0 Å². The SMILES string of the molecule is CC(=O)OCC(=O)N1CCC(CC(=O)Nc2ccc(-c3ccccc3)cc2)CC1. The molecular weight excluding hydrogens is 368 g/mol. The summed E-state index contributed by atoms with van der Waals surface area (Å²) in [5.41, 5.74) is 3.03. The summed E-state index contributed by atoms with van der Waals surface area (Å²) >= 11 is 0. The Kier molecular flexibility index (Phi) is 7.00. The fraction of sp³-hybridized carbons (Fsp3) is 0.348. The Morgan fingerprint density at radius 2 is 1.59 bits per heavy atom. The van der Waals surface area contributed by atoms with Crippen LogP contribution in [-0.2, 0) is 19.1 Å². The van der Waals surface area contributed by atoms with E-state index in [9.17, 15) is 14.4 Å². The Morgan fingerprint density at radius 3 is 2.21 bits per heavy atom. The summed E-state index contributed by atoms with van der Waals surface area (Å²) in [5, 5.41) is 2.96. The Bertz CT molecular complexity index is 841. The number of carbonyl (C=O) groups is 3. The zero-order valence-corrected chi connectivity index (χ0v) is 16.6. The maximum atomic E-state index is 12.4. The Morgan fingerprint density at radius 1 is 0.966 bits per heavy atom. The summed E-state index contributed by atoms with van der Waals surface area (Å²) in [4.78, 5) is 36.9. The van der Waals surface area contributed by atoms with Crippen molar-refractivity contribution < 1.29 is 19.1 Å². The van der Waals surface area contributed by atoms with Crippen molar-refractivity contribution in [1.82, 2.24) is 4.90 Å². The molecule has 1 aliphatic heterocycles. The van der Waals surface area contributed by atoms with Gasteiger partial charge in [-0.1, -0.05) is 42.5 Å². The number of esters is 1. The zero-order chi connectivity index (χ0) is 20.6. The Balaban J connectivity index is 1.43. The van der Waals surface area contributed by atoms with E-state index >= 15 is 0 Å². The third kappa shape index (κ3) is 6.17. The van der Waals surface area contributed by atoms with Crippen LogP contribution in [0.5, 0.6) is 0 Å². The molecule has 1 heterocycles. The monoisotopic (exact) mass is 394 g/mol. The predicted molar refractivity (Wildman–Crippen MR) is 111 cm³/mol. The number of piperidine rings is 1. The van der Waals surface area contributed by atoms with Crippen LogP contribution >= 0.6 is 0 Å². The zero-order valence-electron chi connectivity index (χ0n) is 16.6. The molecule has 2 aromatic rings. The van der Waals surface area contributed by atoms with Crippen molar-refractivity contribution in [2.45, 2.75) is 26.2 Å². The van der Waals surface area contributed by atoms with Crippen LogP contribution in [0.3, 0.4) is 0 Å². The molecule has 3 rings (SSSR count). The molecule has 0 saturated carbocycles. The maximum absolute atomic E-state index is 12.4. The van der Waals surface area contributed by atoms with E-state index in [-0.39, 0.29) is 24.3 Å². The number of ether oxygens (including phenoxy) is 1. The first-order valence-corrected chi connectivity index (χ1v) is 9.88. The van der Waals surface area contributed by atoms with Crippen LogP contribution in [0.25, 0.3) is 11.1 Å². The lowest BCUT2D eigenvalue weighted by molar-refractivity contribution is -0.150. The number of hydrogen-bond donors (Lipinski definition) is 1. The third-order valence-corrected chi connectivity index (χ3v) is 5.12. The van der Waals surface area contributed by atoms with Gasteiger partial charge in [0.1, 0.15) is 0 Å². The highest BCUT2D eigenvalue weighted by Gasteiger charge is 2.24. The lowest BCUT2D eigenvalue weighted by Gasteiger charge is -2.31. The van der Waals surface area contributed by atoms with Crippen LogP contribution in [0.1, 0.15) is 26.2 Å². The molecule has 0 atom stereocenters. The van der Waals surface area contributed by atoms with Gasteiger partial charge < -0.3 is 15.0 Å². The summed E-state index contributed by atoms with van der Waals surface area (Å²) in [6.45, 7) is 2.25. The molecule has 1 fully saturated rings. The molecule has 0 spiro atoms. The fourth-order valence-electron chi connectivity index (χ4n) is 3.49. The molecule has 152 valence electrons. The Labute approximate surface area is 170 Å². The lowest BCUT2D eigenvalue weighted by atomic mass is 9.93. The number of benzene rings is 2. The number of hydrogen-bond acceptors (Lipinski definition) is 4. The highest BCUT2D eigenvalue weighted by Crippen LogP contribution is 2.23. The number of nitrogens with zero attached hydrogens (tertiary/aromatic N) is 1. The van der Waals surface area contributed by atoms with Crippen molar-refractivity contribution in [3.8, 4) is 11.1 Å². The van der Waals surface area contributed by atoms with Gasteiger partial charge in [-0.15, -0.1) is 0 Å². The first-order valence-electron chi connectivity index (χ1n) is 9.88. The molecule has 1 saturated heterocycles. The minimum absolute atomic E-state index is 0.0119. The number of amides is 2. The van der Waals surface area contributed by atoms with Crippen LogP contribution in [0.2, 0.25) is 0 Å². The van der Waals surface area contributed by atoms with Crippen molar-refractivity contribution in [2.75, 3.05) is 25.0 Å². The van der Waals surface area contributed by atoms with Crippen LogP contribution in [0.15, 0.2) is 54.6 Å². The second kappa shape index (κ2) is 9.87. The van der Waals surface area contributed by atoms with Gasteiger partial charge in [0.2, 0.25) is 5.91 Å². The molecule has 0 aliphatic carbocycles. The van der Waals surface area contributed by atoms with E-state index in [2.05, 4.69) is 17.4 Å². The molecule has 2 aromatic carbocycles. The number of carbonyl (C=O) groups excluding carboxylic acids is 3. The topological polar surface area (TPSA) is 75.7 Å². The van der Waals surface area contributed by atoms with Crippen molar-refractivity contribution in [2.24, 2.45) is 5.92 Å². The summed E-state index contributed by atoms with van der Waals surface area (Å²) in [6, 6.07) is 17.9. The first-order chi connectivity index (χ1) is 14.0. The quantitative estimate of drug-likeness (QED) is 0.761. The highest BCUT2D eigenvalue weighted by molar-refractivity contribution is 5.91. The van der Waals surface area contributed by atoms with Crippen LogP contribution in [-0.4, -0.2) is 42.4 Å². The molecular formula is C23H26N2O4. The van der Waals surface area contributed by atoms with Crippen LogP contribution in [0, 0.1) is 5.92 Å². The second-order valence-electron chi connectivity index (χ2n) is 7.30. The molecule has 6 heteroatoms. The fourth-order valence-corrected chi connectivity index (χ4v) is 3.49. The number of likely N-dealkylation sites (tertiary alicyclic amines) is 1. The molecule has 1 N–H and O–H groups in total. The third-order valence-electron chi connectivity index (χ3n) is 5.12. The normalized spacial score (nSPS) is 14.3. The van der Waals surface area contributed by atoms with E-state index in [1.54, 1.807) is 4.90 Å². The number of anilines is 1. The van der Waals surface area contributed by atoms with Gasteiger partial charge in [0, 0.05) is 32.1 Å². The second-order valence-corrected chi connectivity index (χ2v) is 7.30. The van der Waals surface area contributed by atoms with Gasteiger partial charge in [-0.2, -0.15) is 0 Å². The minimum Gasteiger partial charge on any atom is -0.456 e. The van der Waals surface area contributed by atoms with Gasteiger partial charge in [-0.25, -0.2) is 0 Å². The van der Waals surface area contributed by atoms with Gasteiger partial charge >= 0.3 is 5.97 Å². The van der Waals surface area contributed by atoms with E-state index < -0.39 is 5.97 Å². The average Bonchev–Trinajstić information content (AvgIpc) is 2.73. The molecule has 0 aromatic heterocycles. The summed E-state index contributed by atoms with van der Waals surface area (Å²) in [5.74, 6) is -0.401. The minimum atomic E-state index is -0.457.